The molecule has 0 saturated carbocycles. The number of amides is 1. The molecule has 10 heteroatoms. The highest BCUT2D eigenvalue weighted by Crippen LogP contribution is 2.21. The number of carbonyl (C=O) groups is 1. The minimum absolute atomic E-state index is 0.0162. The van der Waals surface area contributed by atoms with Gasteiger partial charge in [-0.05, 0) is 52.7 Å². The number of aryl methyl sites for hydroxylation is 2. The number of hydrogen-bond donors (Lipinski definition) is 2. The van der Waals surface area contributed by atoms with E-state index in [0.29, 0.717) is 34.7 Å². The Morgan fingerprint density at radius 1 is 1.27 bits per heavy atom. The summed E-state index contributed by atoms with van der Waals surface area (Å²) in [6.45, 7) is 2.54. The van der Waals surface area contributed by atoms with Crippen LogP contribution in [0.1, 0.15) is 16.1 Å². The van der Waals surface area contributed by atoms with E-state index < -0.39 is 15.9 Å². The van der Waals surface area contributed by atoms with Crippen molar-refractivity contribution in [3.8, 4) is 5.75 Å². The molecule has 0 fully saturated rings. The Kier molecular flexibility index (Phi) is 6.81. The fourth-order valence-electron chi connectivity index (χ4n) is 2.17. The van der Waals surface area contributed by atoms with Crippen LogP contribution in [0.15, 0.2) is 39.8 Å². The topological polar surface area (TPSA) is 98.7 Å². The van der Waals surface area contributed by atoms with Gasteiger partial charge in [-0.3, -0.25) is 10.2 Å². The summed E-state index contributed by atoms with van der Waals surface area (Å²) >= 11 is 3.26. The molecule has 2 N–H and O–H groups in total. The van der Waals surface area contributed by atoms with Crippen molar-refractivity contribution in [2.75, 3.05) is 20.3 Å². The molecule has 142 valence electrons. The maximum Gasteiger partial charge on any atom is 0.282 e. The van der Waals surface area contributed by atoms with E-state index in [1.165, 1.54) is 12.1 Å². The van der Waals surface area contributed by atoms with E-state index in [-0.39, 0.29) is 4.90 Å². The molecule has 1 amide bonds. The molecule has 1 aromatic carbocycles. The molecule has 0 aliphatic rings. The standard InChI is InChI=1S/C16H20BrN3O5S/c1-11-8-13(4-5-15(11)25-7-6-24-3)26(22,23)19-18-16(21)14-9-12(17)10-20(14)2/h4-5,8-10,19H,6-7H2,1-3H3,(H,18,21). The van der Waals surface area contributed by atoms with Crippen LogP contribution in [0, 0.1) is 6.92 Å². The van der Waals surface area contributed by atoms with Gasteiger partial charge in [0, 0.05) is 24.8 Å². The molecule has 0 spiro atoms. The van der Waals surface area contributed by atoms with Crippen LogP contribution < -0.4 is 15.0 Å². The molecule has 8 nitrogen and oxygen atoms in total. The third kappa shape index (κ3) is 5.07. The summed E-state index contributed by atoms with van der Waals surface area (Å²) in [5, 5.41) is 0. The number of rotatable bonds is 8. The van der Waals surface area contributed by atoms with Gasteiger partial charge in [-0.2, -0.15) is 0 Å². The van der Waals surface area contributed by atoms with Gasteiger partial charge < -0.3 is 14.0 Å². The van der Waals surface area contributed by atoms with Gasteiger partial charge in [0.2, 0.25) is 0 Å². The molecule has 2 rings (SSSR count). The molecule has 1 heterocycles. The zero-order valence-electron chi connectivity index (χ0n) is 14.6. The predicted molar refractivity (Wildman–Crippen MR) is 99.5 cm³/mol. The van der Waals surface area contributed by atoms with E-state index >= 15 is 0 Å². The maximum atomic E-state index is 12.4. The van der Waals surface area contributed by atoms with Crippen molar-refractivity contribution in [3.05, 3.63) is 46.2 Å². The van der Waals surface area contributed by atoms with Gasteiger partial charge in [0.15, 0.2) is 0 Å². The van der Waals surface area contributed by atoms with Crippen molar-refractivity contribution in [2.24, 2.45) is 7.05 Å². The number of nitrogens with one attached hydrogen (secondary N) is 2. The van der Waals surface area contributed by atoms with Crippen molar-refractivity contribution < 1.29 is 22.7 Å². The minimum Gasteiger partial charge on any atom is -0.491 e. The summed E-state index contributed by atoms with van der Waals surface area (Å²) in [5.74, 6) is -0.00304. The Morgan fingerprint density at radius 3 is 2.58 bits per heavy atom. The summed E-state index contributed by atoms with van der Waals surface area (Å²) in [6.07, 6.45) is 1.69. The molecule has 0 aliphatic carbocycles. The lowest BCUT2D eigenvalue weighted by Crippen LogP contribution is -2.42. The van der Waals surface area contributed by atoms with Crippen LogP contribution in [0.5, 0.6) is 5.75 Å². The second-order valence-electron chi connectivity index (χ2n) is 5.48. The number of hydrogen-bond acceptors (Lipinski definition) is 5. The molecule has 2 aromatic rings. The molecule has 0 radical (unpaired) electrons. The van der Waals surface area contributed by atoms with Gasteiger partial charge in [0.05, 0.1) is 11.5 Å². The molecular weight excluding hydrogens is 426 g/mol. The minimum atomic E-state index is -3.92. The average molecular weight is 446 g/mol. The number of halogens is 1. The largest absolute Gasteiger partial charge is 0.491 e. The van der Waals surface area contributed by atoms with Crippen LogP contribution in [0.3, 0.4) is 0 Å². The molecule has 0 saturated heterocycles. The average Bonchev–Trinajstić information content (AvgIpc) is 2.92. The lowest BCUT2D eigenvalue weighted by Gasteiger charge is -2.12. The van der Waals surface area contributed by atoms with Gasteiger partial charge in [0.1, 0.15) is 18.1 Å². The fourth-order valence-corrected chi connectivity index (χ4v) is 3.62. The number of aromatic nitrogens is 1. The van der Waals surface area contributed by atoms with Crippen LogP contribution in [0.25, 0.3) is 0 Å². The van der Waals surface area contributed by atoms with E-state index in [4.69, 9.17) is 9.47 Å². The molecule has 0 bridgehead atoms. The van der Waals surface area contributed by atoms with E-state index in [2.05, 4.69) is 26.2 Å². The summed E-state index contributed by atoms with van der Waals surface area (Å²) < 4.78 is 37.5. The third-order valence-corrected chi connectivity index (χ3v) is 5.18. The van der Waals surface area contributed by atoms with Gasteiger partial charge in [0.25, 0.3) is 15.9 Å². The van der Waals surface area contributed by atoms with Crippen LogP contribution in [-0.4, -0.2) is 39.2 Å². The number of hydrazine groups is 1. The summed E-state index contributed by atoms with van der Waals surface area (Å²) in [5.41, 5.74) is 3.16. The van der Waals surface area contributed by atoms with Gasteiger partial charge in [-0.1, -0.05) is 0 Å². The smallest absolute Gasteiger partial charge is 0.282 e. The van der Waals surface area contributed by atoms with Crippen molar-refractivity contribution in [1.82, 2.24) is 14.8 Å². The quantitative estimate of drug-likeness (QED) is 0.476. The second-order valence-corrected chi connectivity index (χ2v) is 8.08. The normalized spacial score (nSPS) is 11.4. The highest BCUT2D eigenvalue weighted by molar-refractivity contribution is 9.10. The number of benzene rings is 1. The van der Waals surface area contributed by atoms with Gasteiger partial charge in [-0.25, -0.2) is 8.42 Å². The highest BCUT2D eigenvalue weighted by Gasteiger charge is 2.18. The molecule has 0 atom stereocenters. The van der Waals surface area contributed by atoms with Crippen LogP contribution in [-0.2, 0) is 21.8 Å². The Morgan fingerprint density at radius 2 is 2.00 bits per heavy atom. The van der Waals surface area contributed by atoms with E-state index in [1.54, 1.807) is 44.0 Å². The second kappa shape index (κ2) is 8.67. The Balaban J connectivity index is 2.06. The lowest BCUT2D eigenvalue weighted by atomic mass is 10.2. The van der Waals surface area contributed by atoms with Crippen molar-refractivity contribution in [3.63, 3.8) is 0 Å². The number of ether oxygens (including phenoxy) is 2. The first kappa shape index (κ1) is 20.4. The van der Waals surface area contributed by atoms with E-state index in [1.807, 2.05) is 0 Å². The monoisotopic (exact) mass is 445 g/mol. The zero-order chi connectivity index (χ0) is 19.3. The lowest BCUT2D eigenvalue weighted by molar-refractivity contribution is 0.0937. The molecule has 1 aromatic heterocycles. The molecule has 0 aliphatic heterocycles. The van der Waals surface area contributed by atoms with E-state index in [9.17, 15) is 13.2 Å². The maximum absolute atomic E-state index is 12.4. The Bertz CT molecular complexity index is 895. The fraction of sp³-hybridized carbons (Fsp3) is 0.312. The summed E-state index contributed by atoms with van der Waals surface area (Å²) in [4.78, 5) is 14.2. The Labute approximate surface area is 160 Å². The van der Waals surface area contributed by atoms with Crippen LogP contribution in [0.4, 0.5) is 0 Å². The molecule has 26 heavy (non-hydrogen) atoms. The molecule has 0 unspecified atom stereocenters. The van der Waals surface area contributed by atoms with Crippen molar-refractivity contribution >= 4 is 31.9 Å². The first-order valence-corrected chi connectivity index (χ1v) is 9.88. The van der Waals surface area contributed by atoms with E-state index in [0.717, 1.165) is 0 Å². The first-order chi connectivity index (χ1) is 12.2. The predicted octanol–water partition coefficient (Wildman–Crippen LogP) is 1.74. The van der Waals surface area contributed by atoms with Crippen LogP contribution >= 0.6 is 15.9 Å². The Hall–Kier alpha value is -1.88. The third-order valence-electron chi connectivity index (χ3n) is 3.50. The van der Waals surface area contributed by atoms with Crippen molar-refractivity contribution in [1.29, 1.82) is 0 Å². The van der Waals surface area contributed by atoms with Gasteiger partial charge >= 0.3 is 0 Å². The van der Waals surface area contributed by atoms with Gasteiger partial charge in [-0.15, -0.1) is 4.83 Å². The number of methoxy groups -OCH3 is 1. The molecular formula is C16H20BrN3O5S. The number of nitrogens with zero attached hydrogens (tertiary/aromatic N) is 1. The summed E-state index contributed by atoms with van der Waals surface area (Å²) in [7, 11) is -0.667. The van der Waals surface area contributed by atoms with Crippen LogP contribution in [0.2, 0.25) is 0 Å². The zero-order valence-corrected chi connectivity index (χ0v) is 17.0. The SMILES string of the molecule is COCCOc1ccc(S(=O)(=O)NNC(=O)c2cc(Br)cn2C)cc1C. The summed E-state index contributed by atoms with van der Waals surface area (Å²) in [6, 6.07) is 6.02. The highest BCUT2D eigenvalue weighted by atomic mass is 79.9. The van der Waals surface area contributed by atoms with Crippen molar-refractivity contribution in [2.45, 2.75) is 11.8 Å². The number of sulfonamides is 1. The number of carbonyl (C=O) groups excluding carboxylic acids is 1. The first-order valence-electron chi connectivity index (χ1n) is 7.61.